The molecule has 2 aromatic carbocycles. The first kappa shape index (κ1) is 23.6. The normalized spacial score (nSPS) is 16.4. The highest BCUT2D eigenvalue weighted by atomic mass is 16.5. The Labute approximate surface area is 190 Å². The molecule has 1 heteroatoms. The van der Waals surface area contributed by atoms with Crippen LogP contribution in [0, 0.1) is 11.8 Å². The molecule has 0 heterocycles. The second-order valence-electron chi connectivity index (χ2n) is 9.29. The lowest BCUT2D eigenvalue weighted by atomic mass is 9.82. The summed E-state index contributed by atoms with van der Waals surface area (Å²) < 4.78 is 5.84. The molecule has 168 valence electrons. The van der Waals surface area contributed by atoms with Crippen LogP contribution in [-0.2, 0) is 0 Å². The number of ether oxygens (including phenoxy) is 1. The molecule has 0 aliphatic heterocycles. The quantitative estimate of drug-likeness (QED) is 0.312. The molecule has 3 rings (SSSR count). The Morgan fingerprint density at radius 1 is 0.839 bits per heavy atom. The molecule has 0 saturated heterocycles. The van der Waals surface area contributed by atoms with Crippen molar-refractivity contribution >= 4 is 5.57 Å². The molecule has 0 aromatic heterocycles. The molecule has 1 aliphatic carbocycles. The highest BCUT2D eigenvalue weighted by Gasteiger charge is 2.17. The third-order valence-electron chi connectivity index (χ3n) is 7.12. The maximum absolute atomic E-state index is 5.84. The van der Waals surface area contributed by atoms with Crippen molar-refractivity contribution in [3.05, 3.63) is 60.2 Å². The summed E-state index contributed by atoms with van der Waals surface area (Å²) in [7, 11) is 0. The number of rotatable bonds is 12. The van der Waals surface area contributed by atoms with Crippen LogP contribution in [0.15, 0.2) is 54.6 Å². The van der Waals surface area contributed by atoms with Gasteiger partial charge in [-0.05, 0) is 78.3 Å². The zero-order valence-electron chi connectivity index (χ0n) is 20.0. The van der Waals surface area contributed by atoms with Gasteiger partial charge in [-0.25, -0.2) is 0 Å². The van der Waals surface area contributed by atoms with Gasteiger partial charge in [0.1, 0.15) is 5.75 Å². The summed E-state index contributed by atoms with van der Waals surface area (Å²) >= 11 is 0. The summed E-state index contributed by atoms with van der Waals surface area (Å²) in [6.07, 6.45) is 15.5. The van der Waals surface area contributed by atoms with Gasteiger partial charge in [-0.1, -0.05) is 95.3 Å². The van der Waals surface area contributed by atoms with Crippen molar-refractivity contribution in [2.24, 2.45) is 11.8 Å². The minimum absolute atomic E-state index is 0.815. The zero-order chi connectivity index (χ0) is 21.9. The summed E-state index contributed by atoms with van der Waals surface area (Å²) in [6, 6.07) is 17.7. The van der Waals surface area contributed by atoms with Crippen LogP contribution in [0.1, 0.15) is 90.5 Å². The summed E-state index contributed by atoms with van der Waals surface area (Å²) in [5, 5.41) is 0. The van der Waals surface area contributed by atoms with Crippen LogP contribution in [-0.4, -0.2) is 6.61 Å². The van der Waals surface area contributed by atoms with Crippen molar-refractivity contribution in [1.82, 2.24) is 0 Å². The van der Waals surface area contributed by atoms with E-state index in [1.165, 1.54) is 74.5 Å². The zero-order valence-corrected chi connectivity index (χ0v) is 20.0. The van der Waals surface area contributed by atoms with Gasteiger partial charge in [0.05, 0.1) is 6.61 Å². The first-order chi connectivity index (χ1) is 15.2. The fourth-order valence-corrected chi connectivity index (χ4v) is 4.74. The Bertz CT molecular complexity index is 780. The predicted molar refractivity (Wildman–Crippen MR) is 136 cm³/mol. The van der Waals surface area contributed by atoms with Crippen molar-refractivity contribution in [2.45, 2.75) is 85.0 Å². The summed E-state index contributed by atoms with van der Waals surface area (Å²) in [5.74, 6) is 2.80. The van der Waals surface area contributed by atoms with E-state index in [0.717, 1.165) is 30.6 Å². The highest BCUT2D eigenvalue weighted by Crippen LogP contribution is 2.34. The van der Waals surface area contributed by atoms with E-state index in [1.807, 2.05) is 0 Å². The SMILES string of the molecule is CCCCCOc1ccc(-c2ccc(C3=CCC(CCC(CC)CC)CC3)cc2)cc1. The Morgan fingerprint density at radius 2 is 1.48 bits per heavy atom. The first-order valence-electron chi connectivity index (χ1n) is 12.8. The molecule has 1 nitrogen and oxygen atoms in total. The largest absolute Gasteiger partial charge is 0.494 e. The fraction of sp³-hybridized carbons (Fsp3) is 0.533. The van der Waals surface area contributed by atoms with E-state index in [0.29, 0.717) is 0 Å². The monoisotopic (exact) mass is 418 g/mol. The van der Waals surface area contributed by atoms with E-state index < -0.39 is 0 Å². The number of unbranched alkanes of at least 4 members (excludes halogenated alkanes) is 2. The molecular formula is C30H42O. The van der Waals surface area contributed by atoms with Crippen LogP contribution in [0.5, 0.6) is 5.75 Å². The van der Waals surface area contributed by atoms with Gasteiger partial charge in [0.15, 0.2) is 0 Å². The molecule has 2 aromatic rings. The van der Waals surface area contributed by atoms with E-state index in [9.17, 15) is 0 Å². The van der Waals surface area contributed by atoms with E-state index in [1.54, 1.807) is 5.57 Å². The third kappa shape index (κ3) is 7.27. The maximum Gasteiger partial charge on any atom is 0.119 e. The number of hydrogen-bond acceptors (Lipinski definition) is 1. The van der Waals surface area contributed by atoms with Crippen molar-refractivity contribution < 1.29 is 4.74 Å². The molecule has 1 unspecified atom stereocenters. The van der Waals surface area contributed by atoms with Crippen molar-refractivity contribution in [1.29, 1.82) is 0 Å². The molecule has 0 radical (unpaired) electrons. The average Bonchev–Trinajstić information content (AvgIpc) is 2.83. The summed E-state index contributed by atoms with van der Waals surface area (Å²) in [5.41, 5.74) is 5.48. The molecule has 0 fully saturated rings. The van der Waals surface area contributed by atoms with Gasteiger partial charge in [0.2, 0.25) is 0 Å². The standard InChI is InChI=1S/C30H42O/c1-4-7-8-23-31-30-21-19-29(20-22-30)28-17-15-27(16-18-28)26-13-11-25(12-14-26)10-9-24(5-2)6-3/h13,15-22,24-25H,4-12,14,23H2,1-3H3. The third-order valence-corrected chi connectivity index (χ3v) is 7.12. The van der Waals surface area contributed by atoms with Gasteiger partial charge in [-0.2, -0.15) is 0 Å². The Kier molecular flexibility index (Phi) is 9.72. The Morgan fingerprint density at radius 3 is 2.06 bits per heavy atom. The predicted octanol–water partition coefficient (Wildman–Crippen LogP) is 9.32. The molecule has 0 saturated carbocycles. The first-order valence-corrected chi connectivity index (χ1v) is 12.8. The van der Waals surface area contributed by atoms with Gasteiger partial charge in [0.25, 0.3) is 0 Å². The molecule has 1 aliphatic rings. The van der Waals surface area contributed by atoms with Crippen LogP contribution < -0.4 is 4.74 Å². The van der Waals surface area contributed by atoms with Gasteiger partial charge in [0, 0.05) is 0 Å². The highest BCUT2D eigenvalue weighted by molar-refractivity contribution is 5.71. The van der Waals surface area contributed by atoms with Crippen LogP contribution >= 0.6 is 0 Å². The van der Waals surface area contributed by atoms with E-state index in [-0.39, 0.29) is 0 Å². The van der Waals surface area contributed by atoms with Crippen LogP contribution in [0.25, 0.3) is 16.7 Å². The number of hydrogen-bond donors (Lipinski definition) is 0. The molecule has 1 atom stereocenters. The second kappa shape index (κ2) is 12.7. The second-order valence-corrected chi connectivity index (χ2v) is 9.29. The van der Waals surface area contributed by atoms with E-state index >= 15 is 0 Å². The average molecular weight is 419 g/mol. The van der Waals surface area contributed by atoms with E-state index in [2.05, 4.69) is 75.4 Å². The molecule has 0 amide bonds. The Hall–Kier alpha value is -2.02. The summed E-state index contributed by atoms with van der Waals surface area (Å²) in [4.78, 5) is 0. The Balaban J connectivity index is 1.52. The topological polar surface area (TPSA) is 9.23 Å². The minimum Gasteiger partial charge on any atom is -0.494 e. The molecular weight excluding hydrogens is 376 g/mol. The van der Waals surface area contributed by atoms with Crippen molar-refractivity contribution in [2.75, 3.05) is 6.61 Å². The van der Waals surface area contributed by atoms with Crippen LogP contribution in [0.3, 0.4) is 0 Å². The van der Waals surface area contributed by atoms with Crippen molar-refractivity contribution in [3.63, 3.8) is 0 Å². The lowest BCUT2D eigenvalue weighted by molar-refractivity contribution is 0.306. The smallest absolute Gasteiger partial charge is 0.119 e. The number of benzene rings is 2. The van der Waals surface area contributed by atoms with Gasteiger partial charge in [-0.3, -0.25) is 0 Å². The lowest BCUT2D eigenvalue weighted by Crippen LogP contribution is -2.08. The molecule has 31 heavy (non-hydrogen) atoms. The molecule has 0 spiro atoms. The number of allylic oxidation sites excluding steroid dienone is 2. The van der Waals surface area contributed by atoms with Gasteiger partial charge < -0.3 is 4.74 Å². The maximum atomic E-state index is 5.84. The van der Waals surface area contributed by atoms with Gasteiger partial charge in [-0.15, -0.1) is 0 Å². The fourth-order valence-electron chi connectivity index (χ4n) is 4.74. The van der Waals surface area contributed by atoms with Crippen LogP contribution in [0.4, 0.5) is 0 Å². The molecule has 0 N–H and O–H groups in total. The van der Waals surface area contributed by atoms with E-state index in [4.69, 9.17) is 4.74 Å². The lowest BCUT2D eigenvalue weighted by Gasteiger charge is -2.24. The molecule has 0 bridgehead atoms. The van der Waals surface area contributed by atoms with Gasteiger partial charge >= 0.3 is 0 Å². The van der Waals surface area contributed by atoms with Crippen LogP contribution in [0.2, 0.25) is 0 Å². The van der Waals surface area contributed by atoms with Crippen molar-refractivity contribution in [3.8, 4) is 16.9 Å². The minimum atomic E-state index is 0.815. The summed E-state index contributed by atoms with van der Waals surface area (Å²) in [6.45, 7) is 7.72.